The number of benzene rings is 1. The Bertz CT molecular complexity index is 1140. The Kier molecular flexibility index (Phi) is 5.43. The molecule has 7 nitrogen and oxygen atoms in total. The highest BCUT2D eigenvalue weighted by Gasteiger charge is 2.36. The number of piperidine rings is 1. The second kappa shape index (κ2) is 8.06. The molecular weight excluding hydrogens is 394 g/mol. The van der Waals surface area contributed by atoms with Crippen LogP contribution in [0.3, 0.4) is 0 Å². The molecular formula is C24H27N3O4. The summed E-state index contributed by atoms with van der Waals surface area (Å²) in [6.07, 6.45) is 8.67. The summed E-state index contributed by atoms with van der Waals surface area (Å²) in [6, 6.07) is 6.88. The van der Waals surface area contributed by atoms with Crippen molar-refractivity contribution in [3.05, 3.63) is 70.2 Å². The molecule has 0 bridgehead atoms. The van der Waals surface area contributed by atoms with Crippen molar-refractivity contribution in [1.29, 1.82) is 0 Å². The minimum absolute atomic E-state index is 0.0442. The number of carbonyl (C=O) groups is 2. The summed E-state index contributed by atoms with van der Waals surface area (Å²) >= 11 is 0. The van der Waals surface area contributed by atoms with Crippen LogP contribution < -0.4 is 10.7 Å². The second-order valence-corrected chi connectivity index (χ2v) is 8.98. The van der Waals surface area contributed by atoms with Gasteiger partial charge in [-0.2, -0.15) is 0 Å². The van der Waals surface area contributed by atoms with E-state index in [0.717, 1.165) is 12.8 Å². The van der Waals surface area contributed by atoms with E-state index in [4.69, 9.17) is 4.74 Å². The minimum Gasteiger partial charge on any atom is -0.444 e. The molecule has 4 rings (SSSR count). The first-order valence-electron chi connectivity index (χ1n) is 10.5. The van der Waals surface area contributed by atoms with Gasteiger partial charge < -0.3 is 19.9 Å². The standard InChI is InChI=1S/C24H27N3O4/c1-24(2,3)31-23(30)27-12-6-7-15-10-11-16(13-20(15)27)26-22(29)18-14-25-19-9-5-4-8-17(19)21(18)28/h4-5,8-11,13-15,20H,6-7,12H2,1-3H3,(H,25,28)(H,26,29). The van der Waals surface area contributed by atoms with Crippen LogP contribution in [0.1, 0.15) is 44.0 Å². The van der Waals surface area contributed by atoms with Crippen LogP contribution >= 0.6 is 0 Å². The number of aromatic nitrogens is 1. The lowest BCUT2D eigenvalue weighted by Crippen LogP contribution is -2.50. The summed E-state index contributed by atoms with van der Waals surface area (Å²) in [5, 5.41) is 3.28. The molecule has 31 heavy (non-hydrogen) atoms. The molecule has 1 saturated heterocycles. The van der Waals surface area contributed by atoms with Crippen molar-refractivity contribution < 1.29 is 14.3 Å². The highest BCUT2D eigenvalue weighted by Crippen LogP contribution is 2.31. The van der Waals surface area contributed by atoms with Crippen LogP contribution in [-0.4, -0.2) is 40.1 Å². The Labute approximate surface area is 180 Å². The first kappa shape index (κ1) is 20.9. The molecule has 1 aliphatic heterocycles. The number of ether oxygens (including phenoxy) is 1. The molecule has 2 amide bonds. The van der Waals surface area contributed by atoms with E-state index in [2.05, 4.69) is 10.3 Å². The summed E-state index contributed by atoms with van der Waals surface area (Å²) in [5.41, 5.74) is 0.390. The minimum atomic E-state index is -0.577. The van der Waals surface area contributed by atoms with Gasteiger partial charge in [0.05, 0.1) is 6.04 Å². The number of likely N-dealkylation sites (tertiary alicyclic amines) is 1. The molecule has 2 aromatic rings. The lowest BCUT2D eigenvalue weighted by molar-refractivity contribution is 0.0102. The average Bonchev–Trinajstić information content (AvgIpc) is 2.72. The third kappa shape index (κ3) is 4.40. The van der Waals surface area contributed by atoms with Crippen LogP contribution in [0.15, 0.2) is 59.2 Å². The van der Waals surface area contributed by atoms with Crippen molar-refractivity contribution in [2.75, 3.05) is 6.54 Å². The molecule has 1 aromatic carbocycles. The van der Waals surface area contributed by atoms with Gasteiger partial charge in [0.15, 0.2) is 0 Å². The number of hydrogen-bond donors (Lipinski definition) is 2. The van der Waals surface area contributed by atoms with Gasteiger partial charge in [-0.25, -0.2) is 4.79 Å². The van der Waals surface area contributed by atoms with Crippen molar-refractivity contribution in [3.8, 4) is 0 Å². The summed E-state index contributed by atoms with van der Waals surface area (Å²) < 4.78 is 5.57. The van der Waals surface area contributed by atoms with Crippen molar-refractivity contribution in [1.82, 2.24) is 15.2 Å². The van der Waals surface area contributed by atoms with Crippen molar-refractivity contribution >= 4 is 22.9 Å². The lowest BCUT2D eigenvalue weighted by atomic mass is 9.85. The Morgan fingerprint density at radius 2 is 2.00 bits per heavy atom. The maximum absolute atomic E-state index is 12.8. The predicted octanol–water partition coefficient (Wildman–Crippen LogP) is 3.73. The van der Waals surface area contributed by atoms with Gasteiger partial charge in [-0.15, -0.1) is 0 Å². The van der Waals surface area contributed by atoms with Crippen LogP contribution in [0.2, 0.25) is 0 Å². The number of amides is 2. The zero-order valence-electron chi connectivity index (χ0n) is 18.0. The van der Waals surface area contributed by atoms with Crippen LogP contribution in [-0.2, 0) is 4.74 Å². The van der Waals surface area contributed by atoms with Gasteiger partial charge in [0, 0.05) is 35.3 Å². The van der Waals surface area contributed by atoms with Gasteiger partial charge >= 0.3 is 6.09 Å². The zero-order valence-corrected chi connectivity index (χ0v) is 18.0. The fourth-order valence-electron chi connectivity index (χ4n) is 4.09. The molecule has 162 valence electrons. The molecule has 0 spiro atoms. The van der Waals surface area contributed by atoms with Crippen molar-refractivity contribution in [2.45, 2.75) is 45.3 Å². The smallest absolute Gasteiger partial charge is 0.410 e. The first-order valence-corrected chi connectivity index (χ1v) is 10.5. The number of pyridine rings is 1. The fraction of sp³-hybridized carbons (Fsp3) is 0.375. The number of aromatic amines is 1. The number of para-hydroxylation sites is 1. The van der Waals surface area contributed by atoms with E-state index in [0.29, 0.717) is 23.1 Å². The van der Waals surface area contributed by atoms with E-state index in [9.17, 15) is 14.4 Å². The summed E-state index contributed by atoms with van der Waals surface area (Å²) in [5.74, 6) is -0.313. The molecule has 7 heteroatoms. The Balaban J connectivity index is 1.56. The van der Waals surface area contributed by atoms with E-state index in [1.807, 2.05) is 45.1 Å². The van der Waals surface area contributed by atoms with E-state index in [1.54, 1.807) is 23.1 Å². The highest BCUT2D eigenvalue weighted by molar-refractivity contribution is 5.98. The Hall–Kier alpha value is -3.35. The summed E-state index contributed by atoms with van der Waals surface area (Å²) in [4.78, 5) is 43.0. The number of hydrogen-bond acceptors (Lipinski definition) is 4. The second-order valence-electron chi connectivity index (χ2n) is 8.98. The third-order valence-electron chi connectivity index (χ3n) is 5.53. The van der Waals surface area contributed by atoms with Crippen LogP contribution in [0.25, 0.3) is 10.9 Å². The summed E-state index contributed by atoms with van der Waals surface area (Å²) in [6.45, 7) is 6.13. The number of rotatable bonds is 2. The maximum Gasteiger partial charge on any atom is 0.410 e. The topological polar surface area (TPSA) is 91.5 Å². The van der Waals surface area contributed by atoms with E-state index < -0.39 is 11.5 Å². The quantitative estimate of drug-likeness (QED) is 0.773. The Morgan fingerprint density at radius 1 is 1.23 bits per heavy atom. The molecule has 1 fully saturated rings. The third-order valence-corrected chi connectivity index (χ3v) is 5.53. The monoisotopic (exact) mass is 421 g/mol. The SMILES string of the molecule is CC(C)(C)OC(=O)N1CCCC2C=CC(NC(=O)c3c[nH]c4ccccc4c3=O)=CC21. The van der Waals surface area contributed by atoms with Gasteiger partial charge in [0.2, 0.25) is 5.43 Å². The normalized spacial score (nSPS) is 20.7. The number of carbonyl (C=O) groups excluding carboxylic acids is 2. The predicted molar refractivity (Wildman–Crippen MR) is 119 cm³/mol. The van der Waals surface area contributed by atoms with Crippen LogP contribution in [0, 0.1) is 5.92 Å². The molecule has 2 heterocycles. The molecule has 2 atom stereocenters. The lowest BCUT2D eigenvalue weighted by Gasteiger charge is -2.40. The molecule has 0 saturated carbocycles. The van der Waals surface area contributed by atoms with Gasteiger partial charge in [-0.05, 0) is 57.9 Å². The van der Waals surface area contributed by atoms with E-state index >= 15 is 0 Å². The molecule has 0 radical (unpaired) electrons. The van der Waals surface area contributed by atoms with E-state index in [1.165, 1.54) is 6.20 Å². The maximum atomic E-state index is 12.8. The number of nitrogens with one attached hydrogen (secondary N) is 2. The Morgan fingerprint density at radius 3 is 2.77 bits per heavy atom. The molecule has 1 aliphatic carbocycles. The van der Waals surface area contributed by atoms with Crippen LogP contribution in [0.5, 0.6) is 0 Å². The first-order chi connectivity index (χ1) is 14.7. The summed E-state index contributed by atoms with van der Waals surface area (Å²) in [7, 11) is 0. The molecule has 1 aromatic heterocycles. The largest absolute Gasteiger partial charge is 0.444 e. The van der Waals surface area contributed by atoms with Gasteiger partial charge in [0.1, 0.15) is 11.2 Å². The number of H-pyrrole nitrogens is 1. The molecule has 2 unspecified atom stereocenters. The van der Waals surface area contributed by atoms with Crippen molar-refractivity contribution in [2.24, 2.45) is 5.92 Å². The number of allylic oxidation sites excluding steroid dienone is 1. The van der Waals surface area contributed by atoms with Crippen molar-refractivity contribution in [3.63, 3.8) is 0 Å². The van der Waals surface area contributed by atoms with Gasteiger partial charge in [0.25, 0.3) is 5.91 Å². The molecule has 2 aliphatic rings. The molecule has 2 N–H and O–H groups in total. The van der Waals surface area contributed by atoms with Gasteiger partial charge in [-0.3, -0.25) is 9.59 Å². The average molecular weight is 421 g/mol. The van der Waals surface area contributed by atoms with E-state index in [-0.39, 0.29) is 29.0 Å². The zero-order chi connectivity index (χ0) is 22.2. The highest BCUT2D eigenvalue weighted by atomic mass is 16.6. The van der Waals surface area contributed by atoms with Gasteiger partial charge in [-0.1, -0.05) is 18.2 Å². The number of nitrogens with zero attached hydrogens (tertiary/aromatic N) is 1. The van der Waals surface area contributed by atoms with Crippen LogP contribution in [0.4, 0.5) is 4.79 Å². The fourth-order valence-corrected chi connectivity index (χ4v) is 4.09. The number of fused-ring (bicyclic) bond motifs is 2.